The third kappa shape index (κ3) is 2.76. The minimum absolute atomic E-state index is 0.155. The van der Waals surface area contributed by atoms with Crippen LogP contribution in [0.3, 0.4) is 0 Å². The summed E-state index contributed by atoms with van der Waals surface area (Å²) < 4.78 is 27.2. The van der Waals surface area contributed by atoms with Gasteiger partial charge in [-0.2, -0.15) is 5.26 Å². The molecule has 5 heteroatoms. The molecule has 0 fully saturated rings. The maximum Gasteiger partial charge on any atom is 0.261 e. The number of aryl methyl sites for hydroxylation is 2. The van der Waals surface area contributed by atoms with Gasteiger partial charge in [0.2, 0.25) is 0 Å². The van der Waals surface area contributed by atoms with E-state index < -0.39 is 10.0 Å². The Bertz CT molecular complexity index is 818. The predicted octanol–water partition coefficient (Wildman–Crippen LogP) is 2.85. The molecule has 1 aliphatic rings. The molecular weight excluding hydrogens is 284 g/mol. The molecule has 0 atom stereocenters. The number of rotatable bonds is 3. The van der Waals surface area contributed by atoms with Crippen LogP contribution in [-0.4, -0.2) is 8.42 Å². The van der Waals surface area contributed by atoms with E-state index in [0.717, 1.165) is 19.3 Å². The molecule has 0 bridgehead atoms. The van der Waals surface area contributed by atoms with Gasteiger partial charge in [0.25, 0.3) is 10.0 Å². The van der Waals surface area contributed by atoms with Crippen LogP contribution in [0.15, 0.2) is 47.4 Å². The lowest BCUT2D eigenvalue weighted by molar-refractivity contribution is 0.601. The van der Waals surface area contributed by atoms with E-state index in [-0.39, 0.29) is 4.90 Å². The number of anilines is 1. The zero-order valence-electron chi connectivity index (χ0n) is 11.3. The van der Waals surface area contributed by atoms with Gasteiger partial charge < -0.3 is 0 Å². The third-order valence-electron chi connectivity index (χ3n) is 3.64. The van der Waals surface area contributed by atoms with Gasteiger partial charge in [0.15, 0.2) is 0 Å². The van der Waals surface area contributed by atoms with Crippen LogP contribution in [0.4, 0.5) is 5.69 Å². The highest BCUT2D eigenvalue weighted by molar-refractivity contribution is 7.92. The SMILES string of the molecule is N#Cc1ccc(S(=O)(=O)Nc2ccc3c(c2)CCC3)cc1. The number of fused-ring (bicyclic) bond motifs is 1. The van der Waals surface area contributed by atoms with Crippen LogP contribution >= 0.6 is 0 Å². The Balaban J connectivity index is 1.87. The molecule has 1 N–H and O–H groups in total. The van der Waals surface area contributed by atoms with Crippen molar-refractivity contribution in [3.63, 3.8) is 0 Å². The molecule has 0 aliphatic heterocycles. The lowest BCUT2D eigenvalue weighted by atomic mass is 10.1. The van der Waals surface area contributed by atoms with Crippen LogP contribution in [0.5, 0.6) is 0 Å². The smallest absolute Gasteiger partial charge is 0.261 e. The fourth-order valence-electron chi connectivity index (χ4n) is 2.56. The molecule has 0 radical (unpaired) electrons. The van der Waals surface area contributed by atoms with Crippen LogP contribution in [0.25, 0.3) is 0 Å². The normalized spacial score (nSPS) is 13.5. The van der Waals surface area contributed by atoms with Crippen molar-refractivity contribution in [2.75, 3.05) is 4.72 Å². The van der Waals surface area contributed by atoms with Gasteiger partial charge in [-0.25, -0.2) is 8.42 Å². The summed E-state index contributed by atoms with van der Waals surface area (Å²) in [7, 11) is -3.62. The largest absolute Gasteiger partial charge is 0.280 e. The molecular formula is C16H14N2O2S. The second-order valence-electron chi connectivity index (χ2n) is 5.08. The Morgan fingerprint density at radius 2 is 1.71 bits per heavy atom. The van der Waals surface area contributed by atoms with Crippen LogP contribution in [0.1, 0.15) is 23.1 Å². The summed E-state index contributed by atoms with van der Waals surface area (Å²) in [4.78, 5) is 0.155. The molecule has 0 spiro atoms. The zero-order valence-corrected chi connectivity index (χ0v) is 12.2. The fraction of sp³-hybridized carbons (Fsp3) is 0.188. The van der Waals surface area contributed by atoms with E-state index in [9.17, 15) is 8.42 Å². The van der Waals surface area contributed by atoms with E-state index in [1.54, 1.807) is 6.07 Å². The van der Waals surface area contributed by atoms with Gasteiger partial charge in [-0.15, -0.1) is 0 Å². The van der Waals surface area contributed by atoms with E-state index in [2.05, 4.69) is 4.72 Å². The minimum Gasteiger partial charge on any atom is -0.280 e. The molecule has 0 unspecified atom stereocenters. The van der Waals surface area contributed by atoms with Crippen LogP contribution in [0.2, 0.25) is 0 Å². The predicted molar refractivity (Wildman–Crippen MR) is 80.4 cm³/mol. The Morgan fingerprint density at radius 3 is 2.43 bits per heavy atom. The van der Waals surface area contributed by atoms with E-state index >= 15 is 0 Å². The molecule has 21 heavy (non-hydrogen) atoms. The van der Waals surface area contributed by atoms with Gasteiger partial charge in [-0.1, -0.05) is 6.07 Å². The molecule has 4 nitrogen and oxygen atoms in total. The van der Waals surface area contributed by atoms with E-state index in [1.165, 1.54) is 35.4 Å². The van der Waals surface area contributed by atoms with Crippen LogP contribution < -0.4 is 4.72 Å². The van der Waals surface area contributed by atoms with Crippen molar-refractivity contribution in [2.45, 2.75) is 24.2 Å². The molecule has 0 saturated heterocycles. The first kappa shape index (κ1) is 13.7. The highest BCUT2D eigenvalue weighted by Gasteiger charge is 2.16. The Morgan fingerprint density at radius 1 is 1.00 bits per heavy atom. The van der Waals surface area contributed by atoms with Crippen LogP contribution in [-0.2, 0) is 22.9 Å². The summed E-state index contributed by atoms with van der Waals surface area (Å²) >= 11 is 0. The van der Waals surface area contributed by atoms with Gasteiger partial charge in [-0.05, 0) is 66.8 Å². The summed E-state index contributed by atoms with van der Waals surface area (Å²) in [5, 5.41) is 8.74. The zero-order chi connectivity index (χ0) is 14.9. The standard InChI is InChI=1S/C16H14N2O2S/c17-11-12-4-8-16(9-5-12)21(19,20)18-15-7-6-13-2-1-3-14(13)10-15/h4-10,18H,1-3H2. The molecule has 0 saturated carbocycles. The highest BCUT2D eigenvalue weighted by Crippen LogP contribution is 2.26. The average Bonchev–Trinajstić information content (AvgIpc) is 2.94. The summed E-state index contributed by atoms with van der Waals surface area (Å²) in [6.07, 6.45) is 3.20. The van der Waals surface area contributed by atoms with Gasteiger partial charge in [0, 0.05) is 5.69 Å². The highest BCUT2D eigenvalue weighted by atomic mass is 32.2. The molecule has 0 amide bonds. The second kappa shape index (κ2) is 5.23. The molecule has 2 aromatic rings. The number of benzene rings is 2. The lowest BCUT2D eigenvalue weighted by Gasteiger charge is -2.09. The molecule has 0 aromatic heterocycles. The Hall–Kier alpha value is -2.32. The molecule has 3 rings (SSSR count). The van der Waals surface area contributed by atoms with Crippen molar-refractivity contribution >= 4 is 15.7 Å². The van der Waals surface area contributed by atoms with Crippen molar-refractivity contribution < 1.29 is 8.42 Å². The number of hydrogen-bond acceptors (Lipinski definition) is 3. The summed E-state index contributed by atoms with van der Waals surface area (Å²) in [6.45, 7) is 0. The van der Waals surface area contributed by atoms with E-state index in [1.807, 2.05) is 18.2 Å². The molecule has 1 aliphatic carbocycles. The Kier molecular flexibility index (Phi) is 3.40. The van der Waals surface area contributed by atoms with E-state index in [0.29, 0.717) is 11.3 Å². The first-order valence-corrected chi connectivity index (χ1v) is 8.21. The maximum absolute atomic E-state index is 12.3. The van der Waals surface area contributed by atoms with E-state index in [4.69, 9.17) is 5.26 Å². The number of nitriles is 1. The first-order chi connectivity index (χ1) is 10.1. The number of nitrogens with zero attached hydrogens (tertiary/aromatic N) is 1. The van der Waals surface area contributed by atoms with Crippen molar-refractivity contribution in [3.05, 3.63) is 59.2 Å². The first-order valence-electron chi connectivity index (χ1n) is 6.73. The average molecular weight is 298 g/mol. The van der Waals surface area contributed by atoms with Gasteiger partial charge in [-0.3, -0.25) is 4.72 Å². The van der Waals surface area contributed by atoms with Crippen molar-refractivity contribution in [3.8, 4) is 6.07 Å². The van der Waals surface area contributed by atoms with Gasteiger partial charge in [0.05, 0.1) is 16.5 Å². The third-order valence-corrected chi connectivity index (χ3v) is 5.04. The number of nitrogens with one attached hydrogen (secondary N) is 1. The van der Waals surface area contributed by atoms with Crippen molar-refractivity contribution in [2.24, 2.45) is 0 Å². The summed E-state index contributed by atoms with van der Waals surface area (Å²) in [6, 6.07) is 13.5. The second-order valence-corrected chi connectivity index (χ2v) is 6.76. The lowest BCUT2D eigenvalue weighted by Crippen LogP contribution is -2.13. The number of hydrogen-bond donors (Lipinski definition) is 1. The Labute approximate surface area is 124 Å². The summed E-state index contributed by atoms with van der Waals surface area (Å²) in [5.41, 5.74) is 3.54. The van der Waals surface area contributed by atoms with Crippen molar-refractivity contribution in [1.82, 2.24) is 0 Å². The monoisotopic (exact) mass is 298 g/mol. The fourth-order valence-corrected chi connectivity index (χ4v) is 3.61. The molecule has 0 heterocycles. The minimum atomic E-state index is -3.62. The molecule has 106 valence electrons. The maximum atomic E-state index is 12.3. The summed E-state index contributed by atoms with van der Waals surface area (Å²) in [5.74, 6) is 0. The number of sulfonamides is 1. The van der Waals surface area contributed by atoms with Gasteiger partial charge in [0.1, 0.15) is 0 Å². The molecule has 2 aromatic carbocycles. The quantitative estimate of drug-likeness (QED) is 0.947. The van der Waals surface area contributed by atoms with Crippen molar-refractivity contribution in [1.29, 1.82) is 5.26 Å². The topological polar surface area (TPSA) is 70.0 Å². The van der Waals surface area contributed by atoms with Gasteiger partial charge >= 0.3 is 0 Å². The van der Waals surface area contributed by atoms with Crippen LogP contribution in [0, 0.1) is 11.3 Å².